The molecule has 2 aliphatic rings. The number of benzene rings is 11. The molecule has 0 saturated heterocycles. The summed E-state index contributed by atoms with van der Waals surface area (Å²) in [6, 6.07) is 93.1. The van der Waals surface area contributed by atoms with Crippen LogP contribution in [0.3, 0.4) is 0 Å². The Kier molecular flexibility index (Phi) is 10.5. The number of hydrogen-bond donors (Lipinski definition) is 0. The quantitative estimate of drug-likeness (QED) is 0.148. The van der Waals surface area contributed by atoms with Gasteiger partial charge in [0.05, 0.1) is 22.2 Å². The maximum absolute atomic E-state index is 2.60. The van der Waals surface area contributed by atoms with E-state index in [2.05, 4.69) is 309 Å². The van der Waals surface area contributed by atoms with E-state index in [9.17, 15) is 0 Å². The lowest BCUT2D eigenvalue weighted by Crippen LogP contribution is -2.61. The summed E-state index contributed by atoms with van der Waals surface area (Å²) >= 11 is 0. The molecule has 0 bridgehead atoms. The van der Waals surface area contributed by atoms with Gasteiger partial charge in [-0.3, -0.25) is 0 Å². The number of aromatic nitrogens is 1. The van der Waals surface area contributed by atoms with E-state index in [0.717, 1.165) is 39.8 Å². The Labute approximate surface area is 463 Å². The minimum Gasteiger partial charge on any atom is -0.311 e. The minimum absolute atomic E-state index is 0.00389. The van der Waals surface area contributed by atoms with Crippen LogP contribution >= 0.6 is 0 Å². The van der Waals surface area contributed by atoms with Gasteiger partial charge in [-0.25, -0.2) is 0 Å². The molecule has 378 valence electrons. The van der Waals surface area contributed by atoms with E-state index >= 15 is 0 Å². The van der Waals surface area contributed by atoms with Crippen molar-refractivity contribution < 1.29 is 0 Å². The average Bonchev–Trinajstić information content (AvgIpc) is 3.42. The van der Waals surface area contributed by atoms with Gasteiger partial charge in [0.1, 0.15) is 0 Å². The molecule has 11 aromatic carbocycles. The normalized spacial score (nSPS) is 13.1. The van der Waals surface area contributed by atoms with Crippen molar-refractivity contribution in [3.05, 3.63) is 260 Å². The molecule has 0 saturated carbocycles. The Balaban J connectivity index is 1.09. The molecule has 0 unspecified atom stereocenters. The molecule has 5 heteroatoms. The summed E-state index contributed by atoms with van der Waals surface area (Å²) in [5.74, 6) is 0. The first-order valence-electron chi connectivity index (χ1n) is 27.9. The Morgan fingerprint density at radius 3 is 1.38 bits per heavy atom. The molecule has 2 aromatic heterocycles. The van der Waals surface area contributed by atoms with Crippen molar-refractivity contribution in [2.75, 3.05) is 14.7 Å². The third kappa shape index (κ3) is 7.43. The lowest BCUT2D eigenvalue weighted by Gasteiger charge is -2.45. The van der Waals surface area contributed by atoms with Gasteiger partial charge < -0.3 is 19.1 Å². The monoisotopic (exact) mass is 1010 g/mol. The van der Waals surface area contributed by atoms with Crippen LogP contribution in [0.15, 0.2) is 249 Å². The molecule has 0 atom stereocenters. The van der Waals surface area contributed by atoms with Gasteiger partial charge in [0.2, 0.25) is 0 Å². The standard InChI is InChI=1S/C74H59BN4/c1-73(2,3)52-35-39-65-59(41-52)61-42-53(74(4,5)6)43-62-60-46-64-68(47-67(60)79(65)72(61)62)78(56-30-20-11-21-31-56)70-45-58(76(54-26-16-9-17-27-54)55-28-18-10-19-29-55)44-69-71(70)75(64)63-40-51(49-24-14-8-15-25-49)34-38-66(63)77(69)57-36-32-50(33-37-57)48-22-12-7-13-23-48/h7-47H,1-6H3. The molecule has 0 aliphatic carbocycles. The van der Waals surface area contributed by atoms with Gasteiger partial charge in [-0.05, 0) is 158 Å². The van der Waals surface area contributed by atoms with Crippen molar-refractivity contribution in [2.24, 2.45) is 0 Å². The molecule has 0 N–H and O–H groups in total. The maximum Gasteiger partial charge on any atom is 0.252 e. The van der Waals surface area contributed by atoms with Crippen molar-refractivity contribution in [1.29, 1.82) is 0 Å². The average molecular weight is 1020 g/mol. The second kappa shape index (κ2) is 17.6. The number of rotatable bonds is 7. The minimum atomic E-state index is -0.132. The van der Waals surface area contributed by atoms with Crippen molar-refractivity contribution >= 4 is 112 Å². The van der Waals surface area contributed by atoms with Crippen LogP contribution in [0.25, 0.3) is 60.3 Å². The van der Waals surface area contributed by atoms with Gasteiger partial charge in [-0.2, -0.15) is 0 Å². The number of fused-ring (bicyclic) bond motifs is 10. The van der Waals surface area contributed by atoms with E-state index in [-0.39, 0.29) is 17.5 Å². The van der Waals surface area contributed by atoms with Crippen LogP contribution in [0.5, 0.6) is 0 Å². The fourth-order valence-corrected chi connectivity index (χ4v) is 13.0. The summed E-state index contributed by atoms with van der Waals surface area (Å²) in [6.07, 6.45) is 0. The highest BCUT2D eigenvalue weighted by molar-refractivity contribution is 7.00. The Hall–Kier alpha value is -9.32. The highest BCUT2D eigenvalue weighted by Crippen LogP contribution is 2.51. The maximum atomic E-state index is 2.60. The van der Waals surface area contributed by atoms with E-state index in [4.69, 9.17) is 0 Å². The zero-order valence-electron chi connectivity index (χ0n) is 45.5. The summed E-state index contributed by atoms with van der Waals surface area (Å²) in [4.78, 5) is 7.55. The van der Waals surface area contributed by atoms with Gasteiger partial charge >= 0.3 is 0 Å². The largest absolute Gasteiger partial charge is 0.311 e. The predicted octanol–water partition coefficient (Wildman–Crippen LogP) is 18.3. The van der Waals surface area contributed by atoms with E-state index in [0.29, 0.717) is 0 Å². The highest BCUT2D eigenvalue weighted by Gasteiger charge is 2.45. The van der Waals surface area contributed by atoms with Gasteiger partial charge in [0.25, 0.3) is 6.71 Å². The SMILES string of the molecule is CC(C)(C)c1ccc2c(c1)c1cc(C(C)(C)C)cc3c4cc5c(cc4n2c13)N(c1ccccc1)c1cc(N(c2ccccc2)c2ccccc2)cc2c1B5c1cc(-c3ccccc3)ccc1N2c1ccc(-c2ccccc2)cc1. The smallest absolute Gasteiger partial charge is 0.252 e. The van der Waals surface area contributed by atoms with Crippen LogP contribution in [0.4, 0.5) is 51.2 Å². The molecule has 0 spiro atoms. The summed E-state index contributed by atoms with van der Waals surface area (Å²) < 4.78 is 2.59. The van der Waals surface area contributed by atoms with Crippen molar-refractivity contribution in [3.8, 4) is 22.3 Å². The van der Waals surface area contributed by atoms with Crippen LogP contribution in [-0.2, 0) is 10.8 Å². The molecule has 0 radical (unpaired) electrons. The molecule has 4 nitrogen and oxygen atoms in total. The zero-order valence-corrected chi connectivity index (χ0v) is 45.5. The molecule has 13 aromatic rings. The number of hydrogen-bond acceptors (Lipinski definition) is 3. The molecular weight excluding hydrogens is 956 g/mol. The third-order valence-electron chi connectivity index (χ3n) is 16.9. The molecule has 15 rings (SSSR count). The van der Waals surface area contributed by atoms with Crippen LogP contribution in [-0.4, -0.2) is 11.1 Å². The topological polar surface area (TPSA) is 14.1 Å². The Morgan fingerprint density at radius 1 is 0.329 bits per heavy atom. The number of para-hydroxylation sites is 3. The first kappa shape index (κ1) is 46.9. The second-order valence-electron chi connectivity index (χ2n) is 23.8. The van der Waals surface area contributed by atoms with Crippen molar-refractivity contribution in [3.63, 3.8) is 0 Å². The highest BCUT2D eigenvalue weighted by atomic mass is 15.2. The van der Waals surface area contributed by atoms with Crippen LogP contribution in [0.1, 0.15) is 52.7 Å². The fourth-order valence-electron chi connectivity index (χ4n) is 13.0. The van der Waals surface area contributed by atoms with E-state index in [1.165, 1.54) is 99.2 Å². The third-order valence-corrected chi connectivity index (χ3v) is 16.9. The van der Waals surface area contributed by atoms with Crippen LogP contribution < -0.4 is 31.1 Å². The summed E-state index contributed by atoms with van der Waals surface area (Å²) in [5, 5.41) is 5.21. The molecular formula is C74H59BN4. The van der Waals surface area contributed by atoms with Gasteiger partial charge in [-0.15, -0.1) is 0 Å². The molecule has 0 fully saturated rings. The van der Waals surface area contributed by atoms with Gasteiger partial charge in [0, 0.05) is 67.0 Å². The lowest BCUT2D eigenvalue weighted by molar-refractivity contribution is 0.590. The summed E-state index contributed by atoms with van der Waals surface area (Å²) in [7, 11) is 0. The first-order chi connectivity index (χ1) is 38.5. The van der Waals surface area contributed by atoms with Gasteiger partial charge in [0.15, 0.2) is 0 Å². The molecule has 4 heterocycles. The number of anilines is 9. The second-order valence-corrected chi connectivity index (χ2v) is 23.8. The van der Waals surface area contributed by atoms with E-state index in [1.807, 2.05) is 0 Å². The van der Waals surface area contributed by atoms with Crippen LogP contribution in [0, 0.1) is 0 Å². The van der Waals surface area contributed by atoms with Gasteiger partial charge in [-0.1, -0.05) is 193 Å². The van der Waals surface area contributed by atoms with E-state index < -0.39 is 0 Å². The lowest BCUT2D eigenvalue weighted by atomic mass is 9.33. The Morgan fingerprint density at radius 2 is 0.797 bits per heavy atom. The van der Waals surface area contributed by atoms with Crippen LogP contribution in [0.2, 0.25) is 0 Å². The summed E-state index contributed by atoms with van der Waals surface area (Å²) in [5.41, 5.74) is 25.1. The zero-order chi connectivity index (χ0) is 53.3. The number of nitrogens with zero attached hydrogens (tertiary/aromatic N) is 4. The fraction of sp³-hybridized carbons (Fsp3) is 0.108. The Bertz CT molecular complexity index is 4440. The summed E-state index contributed by atoms with van der Waals surface area (Å²) in [6.45, 7) is 13.9. The predicted molar refractivity (Wildman–Crippen MR) is 338 cm³/mol. The first-order valence-corrected chi connectivity index (χ1v) is 27.9. The van der Waals surface area contributed by atoms with Crippen molar-refractivity contribution in [2.45, 2.75) is 52.4 Å². The molecule has 0 amide bonds. The van der Waals surface area contributed by atoms with Crippen molar-refractivity contribution in [1.82, 2.24) is 4.40 Å². The molecule has 79 heavy (non-hydrogen) atoms. The van der Waals surface area contributed by atoms with E-state index in [1.54, 1.807) is 0 Å². The molecule has 2 aliphatic heterocycles.